The molecule has 2 aromatic carbocycles. The largest absolute Gasteiger partial charge is 0.871 e. The Morgan fingerprint density at radius 3 is 2.62 bits per heavy atom. The number of carbonyl (C=O) groups excluding carboxylic acids is 1. The molecule has 0 atom stereocenters. The van der Waals surface area contributed by atoms with Gasteiger partial charge in [0, 0.05) is 27.6 Å². The van der Waals surface area contributed by atoms with Crippen LogP contribution in [-0.2, 0) is 5.41 Å². The average Bonchev–Trinajstić information content (AvgIpc) is 2.99. The van der Waals surface area contributed by atoms with Crippen molar-refractivity contribution in [3.8, 4) is 11.8 Å². The third kappa shape index (κ3) is 1.97. The van der Waals surface area contributed by atoms with Crippen molar-refractivity contribution in [1.29, 1.82) is 5.26 Å². The summed E-state index contributed by atoms with van der Waals surface area (Å²) in [7, 11) is 0. The Hall–Kier alpha value is -3.34. The van der Waals surface area contributed by atoms with Crippen LogP contribution in [-0.4, -0.2) is 21.2 Å². The summed E-state index contributed by atoms with van der Waals surface area (Å²) in [5, 5.41) is 40.2. The molecule has 4 rings (SSSR count). The van der Waals surface area contributed by atoms with E-state index in [1.54, 1.807) is 18.2 Å². The average molecular weight is 348 g/mol. The van der Waals surface area contributed by atoms with Crippen molar-refractivity contribution in [3.63, 3.8) is 0 Å². The molecule has 7 nitrogen and oxygen atoms in total. The number of nitrogens with zero attached hydrogens (tertiary/aromatic N) is 2. The van der Waals surface area contributed by atoms with Crippen LogP contribution in [0.1, 0.15) is 46.6 Å². The second-order valence-corrected chi connectivity index (χ2v) is 6.86. The van der Waals surface area contributed by atoms with E-state index in [0.29, 0.717) is 33.3 Å². The van der Waals surface area contributed by atoms with Crippen molar-refractivity contribution in [1.82, 2.24) is 4.98 Å². The van der Waals surface area contributed by atoms with Crippen LogP contribution in [0.2, 0.25) is 0 Å². The Morgan fingerprint density at radius 1 is 1.23 bits per heavy atom. The van der Waals surface area contributed by atoms with Crippen molar-refractivity contribution in [3.05, 3.63) is 58.3 Å². The minimum absolute atomic E-state index is 0.246. The van der Waals surface area contributed by atoms with Crippen LogP contribution in [0, 0.1) is 11.3 Å². The molecule has 1 heterocycles. The number of benzene rings is 2. The van der Waals surface area contributed by atoms with Crippen LogP contribution < -0.4 is 10.3 Å². The molecule has 0 saturated heterocycles. The summed E-state index contributed by atoms with van der Waals surface area (Å²) in [6.07, 6.45) is 0. The molecule has 1 aliphatic carbocycles. The van der Waals surface area contributed by atoms with E-state index in [1.807, 2.05) is 13.8 Å². The fraction of sp³-hybridized carbons (Fsp3) is 0.158. The van der Waals surface area contributed by atoms with E-state index in [0.717, 1.165) is 0 Å². The monoisotopic (exact) mass is 348 g/mol. The number of H-pyrrole nitrogens is 1. The van der Waals surface area contributed by atoms with Gasteiger partial charge in [-0.25, -0.2) is 0 Å². The highest BCUT2D eigenvalue weighted by atomic mass is 16.8. The van der Waals surface area contributed by atoms with Crippen LogP contribution in [0.3, 0.4) is 0 Å². The van der Waals surface area contributed by atoms with Gasteiger partial charge in [-0.05, 0) is 23.8 Å². The summed E-state index contributed by atoms with van der Waals surface area (Å²) < 4.78 is 0. The summed E-state index contributed by atoms with van der Waals surface area (Å²) in [6, 6.07) is 9.57. The molecule has 0 fully saturated rings. The number of fused-ring (bicyclic) bond motifs is 4. The number of nitrogens with one attached hydrogen (secondary N) is 1. The lowest BCUT2D eigenvalue weighted by Crippen LogP contribution is -2.31. The Morgan fingerprint density at radius 2 is 1.96 bits per heavy atom. The third-order valence-corrected chi connectivity index (χ3v) is 5.01. The van der Waals surface area contributed by atoms with E-state index in [1.165, 1.54) is 12.1 Å². The zero-order chi connectivity index (χ0) is 18.8. The number of hydrogen-bond acceptors (Lipinski definition) is 6. The van der Waals surface area contributed by atoms with Gasteiger partial charge in [0.1, 0.15) is 0 Å². The first-order valence-corrected chi connectivity index (χ1v) is 7.90. The van der Waals surface area contributed by atoms with Crippen molar-refractivity contribution in [2.24, 2.45) is 0 Å². The Kier molecular flexibility index (Phi) is 3.15. The molecule has 130 valence electrons. The lowest BCUT2D eigenvalue weighted by atomic mass is 9.71. The molecule has 0 radical (unpaired) electrons. The molecule has 26 heavy (non-hydrogen) atoms. The molecule has 0 spiro atoms. The smallest absolute Gasteiger partial charge is 0.195 e. The summed E-state index contributed by atoms with van der Waals surface area (Å²) in [5.74, 6) is -0.908. The molecule has 0 bridgehead atoms. The predicted octanol–water partition coefficient (Wildman–Crippen LogP) is 2.57. The number of anilines is 1. The minimum atomic E-state index is -0.683. The van der Waals surface area contributed by atoms with Gasteiger partial charge in [-0.15, -0.1) is 5.23 Å². The van der Waals surface area contributed by atoms with E-state index >= 15 is 0 Å². The summed E-state index contributed by atoms with van der Waals surface area (Å²) in [5.41, 5.74) is 1.95. The number of carbonyl (C=O) groups is 1. The van der Waals surface area contributed by atoms with Gasteiger partial charge >= 0.3 is 0 Å². The molecule has 0 unspecified atom stereocenters. The van der Waals surface area contributed by atoms with Gasteiger partial charge in [0.2, 0.25) is 0 Å². The van der Waals surface area contributed by atoms with E-state index < -0.39 is 11.2 Å². The highest BCUT2D eigenvalue weighted by Crippen LogP contribution is 2.46. The summed E-state index contributed by atoms with van der Waals surface area (Å²) in [6.45, 7) is 3.76. The fourth-order valence-corrected chi connectivity index (χ4v) is 3.67. The third-order valence-electron chi connectivity index (χ3n) is 5.01. The van der Waals surface area contributed by atoms with Crippen LogP contribution >= 0.6 is 0 Å². The highest BCUT2D eigenvalue weighted by molar-refractivity contribution is 6.20. The van der Waals surface area contributed by atoms with Crippen LogP contribution in [0.25, 0.3) is 10.9 Å². The zero-order valence-electron chi connectivity index (χ0n) is 14.0. The topological polar surface area (TPSA) is 123 Å². The molecule has 0 amide bonds. The molecular weight excluding hydrogens is 334 g/mol. The number of nitriles is 1. The fourth-order valence-electron chi connectivity index (χ4n) is 3.67. The Balaban J connectivity index is 2.06. The molecule has 3 aromatic rings. The van der Waals surface area contributed by atoms with Gasteiger partial charge in [-0.2, -0.15) is 5.26 Å². The maximum absolute atomic E-state index is 13.1. The zero-order valence-corrected chi connectivity index (χ0v) is 14.0. The van der Waals surface area contributed by atoms with E-state index in [9.17, 15) is 20.3 Å². The first kappa shape index (κ1) is 16.1. The highest BCUT2D eigenvalue weighted by Gasteiger charge is 2.40. The summed E-state index contributed by atoms with van der Waals surface area (Å²) >= 11 is 0. The molecular formula is C19H14N3O4-. The number of hydrogen-bond donors (Lipinski definition) is 3. The second kappa shape index (κ2) is 5.08. The first-order valence-electron chi connectivity index (χ1n) is 7.90. The predicted molar refractivity (Wildman–Crippen MR) is 90.5 cm³/mol. The molecule has 3 N–H and O–H groups in total. The van der Waals surface area contributed by atoms with Gasteiger partial charge in [0.25, 0.3) is 0 Å². The Labute approximate surface area is 148 Å². The normalized spacial score (nSPS) is 14.7. The number of rotatable bonds is 1. The lowest BCUT2D eigenvalue weighted by molar-refractivity contribution is -0.268. The number of ketones is 1. The minimum Gasteiger partial charge on any atom is -0.871 e. The van der Waals surface area contributed by atoms with E-state index in [2.05, 4.69) is 11.1 Å². The van der Waals surface area contributed by atoms with Crippen molar-refractivity contribution in [2.75, 3.05) is 5.23 Å². The van der Waals surface area contributed by atoms with E-state index in [-0.39, 0.29) is 22.3 Å². The van der Waals surface area contributed by atoms with Crippen LogP contribution in [0.5, 0.6) is 5.75 Å². The second-order valence-electron chi connectivity index (χ2n) is 6.86. The van der Waals surface area contributed by atoms with Crippen molar-refractivity contribution < 1.29 is 20.3 Å². The molecule has 7 heteroatoms. The van der Waals surface area contributed by atoms with Crippen LogP contribution in [0.15, 0.2) is 30.3 Å². The van der Waals surface area contributed by atoms with Gasteiger partial charge in [-0.3, -0.25) is 15.2 Å². The molecule has 0 aliphatic heterocycles. The van der Waals surface area contributed by atoms with Crippen LogP contribution in [0.4, 0.5) is 5.69 Å². The molecule has 1 aliphatic rings. The van der Waals surface area contributed by atoms with Gasteiger partial charge in [-0.1, -0.05) is 31.7 Å². The van der Waals surface area contributed by atoms with E-state index in [4.69, 9.17) is 5.26 Å². The van der Waals surface area contributed by atoms with Gasteiger partial charge in [0.15, 0.2) is 5.78 Å². The maximum Gasteiger partial charge on any atom is 0.195 e. The summed E-state index contributed by atoms with van der Waals surface area (Å²) in [4.78, 5) is 16.4. The molecule has 0 saturated carbocycles. The van der Waals surface area contributed by atoms with Crippen molar-refractivity contribution in [2.45, 2.75) is 19.3 Å². The SMILES string of the molecule is CC1(C)c2cc([O-])c(N(O)O)cc2C(=O)c2c1[nH]c1cc(C#N)ccc21. The number of aromatic amines is 1. The quantitative estimate of drug-likeness (QED) is 0.581. The maximum atomic E-state index is 13.1. The first-order chi connectivity index (χ1) is 12.3. The molecule has 1 aromatic heterocycles. The standard InChI is InChI=1S/C19H15N3O4/c1-19(2)12-7-15(23)14(22(25)26)6-11(12)17(24)16-10-4-3-9(8-20)5-13(10)21-18(16)19/h3-7,21,23,25-26H,1-2H3/p-1. The van der Waals surface area contributed by atoms with Gasteiger partial charge < -0.3 is 10.1 Å². The van der Waals surface area contributed by atoms with Gasteiger partial charge in [0.05, 0.1) is 22.9 Å². The number of aromatic nitrogens is 1. The lowest BCUT2D eigenvalue weighted by Gasteiger charge is -2.34. The van der Waals surface area contributed by atoms with Crippen molar-refractivity contribution >= 4 is 22.4 Å². The Bertz CT molecular complexity index is 1140.